The maximum atomic E-state index is 12.0. The molecule has 3 aromatic rings. The molecular weight excluding hydrogens is 400 g/mol. The highest BCUT2D eigenvalue weighted by Gasteiger charge is 2.21. The van der Waals surface area contributed by atoms with Crippen molar-refractivity contribution in [1.82, 2.24) is 20.3 Å². The van der Waals surface area contributed by atoms with Crippen LogP contribution in [-0.2, 0) is 11.3 Å². The molecular formula is C21H18N6O2S. The van der Waals surface area contributed by atoms with Crippen molar-refractivity contribution in [3.05, 3.63) is 59.8 Å². The second-order valence-corrected chi connectivity index (χ2v) is 8.12. The smallest absolute Gasteiger partial charge is 0.235 e. The van der Waals surface area contributed by atoms with Gasteiger partial charge in [0.15, 0.2) is 5.17 Å². The fraction of sp³-hybridized carbons (Fsp3) is 0.190. The average molecular weight is 418 g/mol. The first-order valence-electron chi connectivity index (χ1n) is 9.28. The van der Waals surface area contributed by atoms with E-state index in [2.05, 4.69) is 31.3 Å². The lowest BCUT2D eigenvalue weighted by atomic mass is 10.1. The molecule has 1 aromatic carbocycles. The fourth-order valence-corrected chi connectivity index (χ4v) is 4.64. The number of fused-ring (bicyclic) bond motifs is 1. The van der Waals surface area contributed by atoms with Gasteiger partial charge in [0.25, 0.3) is 0 Å². The molecule has 1 atom stereocenters. The van der Waals surface area contributed by atoms with Gasteiger partial charge in [0.05, 0.1) is 17.9 Å². The zero-order chi connectivity index (χ0) is 20.9. The lowest BCUT2D eigenvalue weighted by Gasteiger charge is -2.10. The summed E-state index contributed by atoms with van der Waals surface area (Å²) in [5, 5.41) is 15.6. The molecule has 0 bridgehead atoms. The van der Waals surface area contributed by atoms with Crippen LogP contribution in [0.4, 0.5) is 0 Å². The Kier molecular flexibility index (Phi) is 5.77. The molecule has 1 aliphatic rings. The number of carbonyl (C=O) groups is 1. The Hall–Kier alpha value is -3.64. The van der Waals surface area contributed by atoms with Crippen molar-refractivity contribution in [2.45, 2.75) is 13.5 Å². The summed E-state index contributed by atoms with van der Waals surface area (Å²) in [6.07, 6.45) is 4.85. The van der Waals surface area contributed by atoms with Crippen molar-refractivity contribution in [1.29, 1.82) is 5.26 Å². The molecule has 0 spiro atoms. The number of carbonyl (C=O) groups excluding carboxylic acids is 1. The normalized spacial score (nSPS) is 17.3. The molecule has 0 aliphatic carbocycles. The molecule has 1 fully saturated rings. The van der Waals surface area contributed by atoms with Gasteiger partial charge in [-0.25, -0.2) is 9.97 Å². The summed E-state index contributed by atoms with van der Waals surface area (Å²) in [7, 11) is -0.498. The van der Waals surface area contributed by atoms with E-state index in [0.717, 1.165) is 16.5 Å². The van der Waals surface area contributed by atoms with Crippen LogP contribution in [0.3, 0.4) is 0 Å². The molecule has 9 heteroatoms. The van der Waals surface area contributed by atoms with Crippen molar-refractivity contribution in [3.63, 3.8) is 0 Å². The van der Waals surface area contributed by atoms with E-state index in [9.17, 15) is 10.1 Å². The maximum Gasteiger partial charge on any atom is 0.235 e. The second kappa shape index (κ2) is 8.80. The largest absolute Gasteiger partial charge is 0.492 e. The van der Waals surface area contributed by atoms with Gasteiger partial charge in [-0.2, -0.15) is 5.26 Å². The summed E-state index contributed by atoms with van der Waals surface area (Å²) in [4.78, 5) is 29.2. The number of hydrogen-bond acceptors (Lipinski definition) is 7. The van der Waals surface area contributed by atoms with Gasteiger partial charge in [0.1, 0.15) is 29.8 Å². The Balaban J connectivity index is 1.71. The molecule has 3 heterocycles. The zero-order valence-corrected chi connectivity index (χ0v) is 17.0. The monoisotopic (exact) mass is 418 g/mol. The summed E-state index contributed by atoms with van der Waals surface area (Å²) < 4.78 is 5.71. The molecule has 30 heavy (non-hydrogen) atoms. The topological polar surface area (TPSA) is 113 Å². The van der Waals surface area contributed by atoms with Gasteiger partial charge in [-0.15, -0.1) is 10.5 Å². The Bertz CT molecular complexity index is 1220. The maximum absolute atomic E-state index is 12.0. The lowest BCUT2D eigenvalue weighted by Crippen LogP contribution is -2.20. The van der Waals surface area contributed by atoms with E-state index < -0.39 is 10.5 Å². The summed E-state index contributed by atoms with van der Waals surface area (Å²) in [5.41, 5.74) is 2.05. The molecule has 1 unspecified atom stereocenters. The van der Waals surface area contributed by atoms with E-state index in [4.69, 9.17) is 4.74 Å². The first-order valence-corrected chi connectivity index (χ1v) is 10.7. The highest BCUT2D eigenvalue weighted by atomic mass is 32.2. The molecule has 2 aromatic heterocycles. The molecule has 0 saturated carbocycles. The van der Waals surface area contributed by atoms with Crippen molar-refractivity contribution in [2.75, 3.05) is 12.4 Å². The van der Waals surface area contributed by atoms with E-state index in [-0.39, 0.29) is 5.91 Å². The number of aliphatic imine (C=N–C) groups is 1. The summed E-state index contributed by atoms with van der Waals surface area (Å²) in [6, 6.07) is 9.62. The van der Waals surface area contributed by atoms with Crippen LogP contribution in [0.25, 0.3) is 10.9 Å². The lowest BCUT2D eigenvalue weighted by molar-refractivity contribution is -0.116. The SMILES string of the molecule is CCOc1c(C#N)cnc2ccc(/C=S3/CC(=O)NC3=NCc3ncccn3)cc12. The number of benzene rings is 1. The molecule has 4 rings (SSSR count). The van der Waals surface area contributed by atoms with E-state index in [1.165, 1.54) is 6.20 Å². The molecule has 0 radical (unpaired) electrons. The van der Waals surface area contributed by atoms with Gasteiger partial charge in [-0.1, -0.05) is 6.07 Å². The molecule has 1 amide bonds. The average Bonchev–Trinajstić information content (AvgIpc) is 3.12. The van der Waals surface area contributed by atoms with Crippen LogP contribution >= 0.6 is 10.5 Å². The minimum Gasteiger partial charge on any atom is -0.492 e. The first-order chi connectivity index (χ1) is 14.7. The van der Waals surface area contributed by atoms with Crippen LogP contribution in [0.2, 0.25) is 0 Å². The van der Waals surface area contributed by atoms with Crippen LogP contribution in [0.5, 0.6) is 5.75 Å². The molecule has 8 nitrogen and oxygen atoms in total. The predicted octanol–water partition coefficient (Wildman–Crippen LogP) is 2.40. The van der Waals surface area contributed by atoms with Crippen LogP contribution in [0, 0.1) is 11.3 Å². The minimum absolute atomic E-state index is 0.0634. The highest BCUT2D eigenvalue weighted by Crippen LogP contribution is 2.30. The molecule has 150 valence electrons. The van der Waals surface area contributed by atoms with Crippen molar-refractivity contribution in [3.8, 4) is 11.8 Å². The third-order valence-electron chi connectivity index (χ3n) is 4.29. The predicted molar refractivity (Wildman–Crippen MR) is 117 cm³/mol. The van der Waals surface area contributed by atoms with Crippen molar-refractivity contribution >= 4 is 37.8 Å². The molecule has 1 N–H and O–H groups in total. The number of pyridine rings is 1. The van der Waals surface area contributed by atoms with Gasteiger partial charge in [-0.3, -0.25) is 14.8 Å². The third kappa shape index (κ3) is 4.18. The number of nitrogens with one attached hydrogen (secondary N) is 1. The quantitative estimate of drug-likeness (QED) is 0.637. The van der Waals surface area contributed by atoms with E-state index in [0.29, 0.717) is 41.2 Å². The number of hydrogen-bond donors (Lipinski definition) is 1. The van der Waals surface area contributed by atoms with Gasteiger partial charge < -0.3 is 10.1 Å². The first kappa shape index (κ1) is 19.7. The van der Waals surface area contributed by atoms with E-state index >= 15 is 0 Å². The van der Waals surface area contributed by atoms with E-state index in [1.807, 2.05) is 30.5 Å². The standard InChI is InChI=1S/C21H18N6O2S/c1-2-29-20-15(9-22)10-25-17-5-4-14(8-16(17)20)12-30-13-19(28)27-21(30)26-11-18-23-6-3-7-24-18/h3-8,10,12H,2,11,13H2,1H3,(H,26,27,28). The number of amides is 1. The van der Waals surface area contributed by atoms with Crippen LogP contribution < -0.4 is 10.1 Å². The van der Waals surface area contributed by atoms with Gasteiger partial charge in [0, 0.05) is 24.0 Å². The van der Waals surface area contributed by atoms with Crippen LogP contribution in [-0.4, -0.2) is 43.8 Å². The molecule has 1 saturated heterocycles. The minimum atomic E-state index is -0.498. The number of ether oxygens (including phenoxy) is 1. The van der Waals surface area contributed by atoms with Crippen LogP contribution in [0.15, 0.2) is 47.8 Å². The number of rotatable bonds is 5. The summed E-state index contributed by atoms with van der Waals surface area (Å²) >= 11 is 0. The van der Waals surface area contributed by atoms with Crippen LogP contribution in [0.1, 0.15) is 23.9 Å². The Morgan fingerprint density at radius 1 is 1.33 bits per heavy atom. The Morgan fingerprint density at radius 3 is 2.93 bits per heavy atom. The third-order valence-corrected chi connectivity index (χ3v) is 6.15. The Morgan fingerprint density at radius 2 is 2.17 bits per heavy atom. The Labute approximate surface area is 175 Å². The van der Waals surface area contributed by atoms with Gasteiger partial charge in [0.2, 0.25) is 5.91 Å². The second-order valence-electron chi connectivity index (χ2n) is 6.35. The summed E-state index contributed by atoms with van der Waals surface area (Å²) in [6.45, 7) is 2.62. The zero-order valence-electron chi connectivity index (χ0n) is 16.2. The molecule has 1 aliphatic heterocycles. The number of amidine groups is 1. The number of nitrogens with zero attached hydrogens (tertiary/aromatic N) is 5. The number of nitriles is 1. The van der Waals surface area contributed by atoms with Crippen molar-refractivity contribution < 1.29 is 9.53 Å². The van der Waals surface area contributed by atoms with Gasteiger partial charge >= 0.3 is 0 Å². The van der Waals surface area contributed by atoms with E-state index in [1.54, 1.807) is 18.5 Å². The van der Waals surface area contributed by atoms with Crippen molar-refractivity contribution in [2.24, 2.45) is 4.99 Å². The fourth-order valence-electron chi connectivity index (χ4n) is 3.01. The summed E-state index contributed by atoms with van der Waals surface area (Å²) in [5.74, 6) is 1.41. The highest BCUT2D eigenvalue weighted by molar-refractivity contribution is 8.29. The number of aromatic nitrogens is 3. The van der Waals surface area contributed by atoms with Gasteiger partial charge in [-0.05, 0) is 36.1 Å².